The molecule has 2 fully saturated rings. The lowest BCUT2D eigenvalue weighted by molar-refractivity contribution is 0.262. The van der Waals surface area contributed by atoms with Crippen molar-refractivity contribution in [1.29, 1.82) is 0 Å². The standard InChI is InChI=1S/C21H23N5OS/c1-13(14-9-15-5-6-21(2,11-14)23-15)19-24-25-20(28-19)17-4-3-16(10-18(17)27)26-8-7-22-12-26/h3-4,7-8,10,12,14-15,23,27H,1,5-6,9,11H2,2H3/t14-,15?,21+/m1/s1. The highest BCUT2D eigenvalue weighted by atomic mass is 32.1. The van der Waals surface area contributed by atoms with E-state index in [1.54, 1.807) is 18.6 Å². The number of imidazole rings is 1. The van der Waals surface area contributed by atoms with Gasteiger partial charge in [0.25, 0.3) is 0 Å². The molecule has 7 heteroatoms. The number of aromatic nitrogens is 4. The molecule has 1 unspecified atom stereocenters. The van der Waals surface area contributed by atoms with Crippen LogP contribution >= 0.6 is 11.3 Å². The number of fused-ring (bicyclic) bond motifs is 2. The summed E-state index contributed by atoms with van der Waals surface area (Å²) in [6.07, 6.45) is 9.96. The molecule has 1 aromatic carbocycles. The number of nitrogens with zero attached hydrogens (tertiary/aromatic N) is 4. The van der Waals surface area contributed by atoms with Crippen LogP contribution in [0.2, 0.25) is 0 Å². The van der Waals surface area contributed by atoms with E-state index in [9.17, 15) is 5.11 Å². The first-order chi connectivity index (χ1) is 13.5. The number of hydrogen-bond acceptors (Lipinski definition) is 6. The Balaban J connectivity index is 1.38. The quantitative estimate of drug-likeness (QED) is 0.700. The summed E-state index contributed by atoms with van der Waals surface area (Å²) in [7, 11) is 0. The minimum Gasteiger partial charge on any atom is -0.507 e. The van der Waals surface area contributed by atoms with E-state index in [1.165, 1.54) is 24.2 Å². The van der Waals surface area contributed by atoms with E-state index >= 15 is 0 Å². The Bertz CT molecular complexity index is 1030. The van der Waals surface area contributed by atoms with E-state index < -0.39 is 0 Å². The summed E-state index contributed by atoms with van der Waals surface area (Å²) >= 11 is 1.51. The zero-order valence-corrected chi connectivity index (χ0v) is 16.6. The number of aromatic hydroxyl groups is 1. The molecule has 5 rings (SSSR count). The van der Waals surface area contributed by atoms with Crippen LogP contribution in [0.15, 0.2) is 43.5 Å². The third-order valence-corrected chi connectivity index (χ3v) is 7.10. The van der Waals surface area contributed by atoms with Crippen LogP contribution in [0, 0.1) is 5.92 Å². The lowest BCUT2D eigenvalue weighted by Gasteiger charge is -2.37. The molecule has 0 saturated carbocycles. The van der Waals surface area contributed by atoms with Crippen molar-refractivity contribution >= 4 is 16.9 Å². The molecule has 0 radical (unpaired) electrons. The smallest absolute Gasteiger partial charge is 0.151 e. The van der Waals surface area contributed by atoms with Gasteiger partial charge in [-0.25, -0.2) is 4.98 Å². The zero-order valence-electron chi connectivity index (χ0n) is 15.8. The van der Waals surface area contributed by atoms with E-state index in [1.807, 2.05) is 22.9 Å². The fourth-order valence-electron chi connectivity index (χ4n) is 4.61. The maximum absolute atomic E-state index is 10.5. The highest BCUT2D eigenvalue weighted by Crippen LogP contribution is 2.44. The lowest BCUT2D eigenvalue weighted by Crippen LogP contribution is -2.47. The van der Waals surface area contributed by atoms with Gasteiger partial charge in [-0.15, -0.1) is 10.2 Å². The lowest BCUT2D eigenvalue weighted by atomic mass is 9.81. The molecular formula is C21H23N5OS. The Labute approximate surface area is 168 Å². The molecule has 144 valence electrons. The number of benzene rings is 1. The number of allylic oxidation sites excluding steroid dienone is 1. The molecule has 2 N–H and O–H groups in total. The molecule has 0 aliphatic carbocycles. The van der Waals surface area contributed by atoms with Crippen molar-refractivity contribution < 1.29 is 5.11 Å². The molecule has 4 heterocycles. The van der Waals surface area contributed by atoms with E-state index in [0.29, 0.717) is 22.5 Å². The molecule has 6 nitrogen and oxygen atoms in total. The fourth-order valence-corrected chi connectivity index (χ4v) is 5.54. The van der Waals surface area contributed by atoms with Gasteiger partial charge in [0.15, 0.2) is 5.01 Å². The van der Waals surface area contributed by atoms with Crippen LogP contribution in [-0.4, -0.2) is 36.4 Å². The summed E-state index contributed by atoms with van der Waals surface area (Å²) < 4.78 is 1.85. The van der Waals surface area contributed by atoms with Gasteiger partial charge in [-0.2, -0.15) is 0 Å². The number of piperidine rings is 1. The van der Waals surface area contributed by atoms with Crippen molar-refractivity contribution in [3.05, 3.63) is 48.5 Å². The van der Waals surface area contributed by atoms with E-state index in [4.69, 9.17) is 0 Å². The van der Waals surface area contributed by atoms with Gasteiger partial charge < -0.3 is 15.0 Å². The summed E-state index contributed by atoms with van der Waals surface area (Å²) in [4.78, 5) is 4.04. The number of phenolic OH excluding ortho intramolecular Hbond substituents is 1. The van der Waals surface area contributed by atoms with Crippen molar-refractivity contribution in [2.45, 2.75) is 44.2 Å². The second-order valence-corrected chi connectivity index (χ2v) is 9.16. The molecule has 2 aliphatic heterocycles. The summed E-state index contributed by atoms with van der Waals surface area (Å²) in [5, 5.41) is 24.6. The van der Waals surface area contributed by atoms with Crippen LogP contribution in [0.4, 0.5) is 0 Å². The number of rotatable bonds is 4. The SMILES string of the molecule is C=C(c1nnc(-c2ccc(-n3ccnc3)cc2O)s1)[C@@H]1CC2CC[C@@](C)(C1)N2. The van der Waals surface area contributed by atoms with Gasteiger partial charge in [0.05, 0.1) is 17.6 Å². The molecule has 2 aromatic heterocycles. The topological polar surface area (TPSA) is 75.9 Å². The molecule has 3 aromatic rings. The van der Waals surface area contributed by atoms with Gasteiger partial charge in [0.2, 0.25) is 0 Å². The van der Waals surface area contributed by atoms with Gasteiger partial charge in [-0.3, -0.25) is 0 Å². The minimum absolute atomic E-state index is 0.187. The van der Waals surface area contributed by atoms with Gasteiger partial charge >= 0.3 is 0 Å². The second-order valence-electron chi connectivity index (χ2n) is 8.19. The zero-order chi connectivity index (χ0) is 19.3. The highest BCUT2D eigenvalue weighted by Gasteiger charge is 2.42. The van der Waals surface area contributed by atoms with Crippen LogP contribution in [0.25, 0.3) is 21.8 Å². The molecule has 2 bridgehead atoms. The Morgan fingerprint density at radius 3 is 3.04 bits per heavy atom. The van der Waals surface area contributed by atoms with Crippen LogP contribution < -0.4 is 5.32 Å². The number of hydrogen-bond donors (Lipinski definition) is 2. The summed E-state index contributed by atoms with van der Waals surface area (Å²) in [6.45, 7) is 6.68. The third kappa shape index (κ3) is 3.04. The van der Waals surface area contributed by atoms with E-state index in [2.05, 4.69) is 34.0 Å². The molecule has 2 aliphatic rings. The Kier molecular flexibility index (Phi) is 4.10. The van der Waals surface area contributed by atoms with Gasteiger partial charge in [0.1, 0.15) is 10.8 Å². The second kappa shape index (κ2) is 6.53. The van der Waals surface area contributed by atoms with Crippen molar-refractivity contribution in [3.8, 4) is 22.0 Å². The predicted molar refractivity (Wildman–Crippen MR) is 110 cm³/mol. The molecule has 2 saturated heterocycles. The first-order valence-electron chi connectivity index (χ1n) is 9.63. The fraction of sp³-hybridized carbons (Fsp3) is 0.381. The Morgan fingerprint density at radius 2 is 2.29 bits per heavy atom. The molecule has 3 atom stereocenters. The third-order valence-electron chi connectivity index (χ3n) is 6.07. The predicted octanol–water partition coefficient (Wildman–Crippen LogP) is 4.03. The van der Waals surface area contributed by atoms with Gasteiger partial charge in [-0.05, 0) is 56.2 Å². The first kappa shape index (κ1) is 17.6. The van der Waals surface area contributed by atoms with Crippen molar-refractivity contribution in [2.75, 3.05) is 0 Å². The minimum atomic E-state index is 0.187. The molecule has 0 amide bonds. The average Bonchev–Trinajstić information content (AvgIpc) is 3.41. The largest absolute Gasteiger partial charge is 0.507 e. The van der Waals surface area contributed by atoms with Crippen LogP contribution in [0.3, 0.4) is 0 Å². The Morgan fingerprint density at radius 1 is 1.39 bits per heavy atom. The van der Waals surface area contributed by atoms with Gasteiger partial charge in [-0.1, -0.05) is 17.9 Å². The average molecular weight is 394 g/mol. The maximum Gasteiger partial charge on any atom is 0.151 e. The van der Waals surface area contributed by atoms with Crippen LogP contribution in [0.1, 0.15) is 37.6 Å². The van der Waals surface area contributed by atoms with Crippen molar-refractivity contribution in [1.82, 2.24) is 25.1 Å². The summed E-state index contributed by atoms with van der Waals surface area (Å²) in [6, 6.07) is 6.13. The van der Waals surface area contributed by atoms with Crippen molar-refractivity contribution in [3.63, 3.8) is 0 Å². The monoisotopic (exact) mass is 393 g/mol. The first-order valence-corrected chi connectivity index (χ1v) is 10.4. The molecule has 0 spiro atoms. The Hall–Kier alpha value is -2.51. The normalized spacial score (nSPS) is 26.5. The van der Waals surface area contributed by atoms with E-state index in [-0.39, 0.29) is 11.3 Å². The summed E-state index contributed by atoms with van der Waals surface area (Å²) in [5.74, 6) is 0.628. The van der Waals surface area contributed by atoms with Crippen LogP contribution in [0.5, 0.6) is 5.75 Å². The molecular weight excluding hydrogens is 370 g/mol. The van der Waals surface area contributed by atoms with Crippen molar-refractivity contribution in [2.24, 2.45) is 5.92 Å². The number of nitrogens with one attached hydrogen (secondary N) is 1. The maximum atomic E-state index is 10.5. The molecule has 28 heavy (non-hydrogen) atoms. The number of phenols is 1. The van der Waals surface area contributed by atoms with Gasteiger partial charge in [0, 0.05) is 30.0 Å². The highest BCUT2D eigenvalue weighted by molar-refractivity contribution is 7.15. The van der Waals surface area contributed by atoms with Crippen LogP contribution in [-0.2, 0) is 0 Å². The van der Waals surface area contributed by atoms with E-state index in [0.717, 1.165) is 29.1 Å². The summed E-state index contributed by atoms with van der Waals surface area (Å²) in [5.41, 5.74) is 2.85.